The number of rotatable bonds is 1. The fourth-order valence-corrected chi connectivity index (χ4v) is 0.903. The van der Waals surface area contributed by atoms with Gasteiger partial charge in [-0.15, -0.1) is 0 Å². The van der Waals surface area contributed by atoms with E-state index in [1.165, 1.54) is 0 Å². The quantitative estimate of drug-likeness (QED) is 0.533. The van der Waals surface area contributed by atoms with Crippen LogP contribution in [0.15, 0.2) is 0 Å². The Hall–Kier alpha value is -0.450. The second kappa shape index (κ2) is 5.23. The summed E-state index contributed by atoms with van der Waals surface area (Å²) in [5, 5.41) is 4.30. The lowest BCUT2D eigenvalue weighted by molar-refractivity contribution is -0.518. The van der Waals surface area contributed by atoms with Crippen molar-refractivity contribution in [3.05, 3.63) is 0 Å². The van der Waals surface area contributed by atoms with Gasteiger partial charge in [-0.05, 0) is 12.8 Å². The lowest BCUT2D eigenvalue weighted by atomic mass is 10.1. The molecule has 4 nitrogen and oxygen atoms in total. The van der Waals surface area contributed by atoms with E-state index in [9.17, 15) is 4.79 Å². The van der Waals surface area contributed by atoms with Gasteiger partial charge in [-0.3, -0.25) is 4.79 Å². The van der Waals surface area contributed by atoms with Crippen molar-refractivity contribution in [3.8, 4) is 0 Å². The summed E-state index contributed by atoms with van der Waals surface area (Å²) in [6.45, 7) is 0.519. The van der Waals surface area contributed by atoms with Crippen molar-refractivity contribution in [1.82, 2.24) is 0 Å². The first-order valence-electron chi connectivity index (χ1n) is 3.76. The fraction of sp³-hybridized carbons (Fsp3) is 0.857. The molecular weight excluding hydrogens is 148 g/mol. The van der Waals surface area contributed by atoms with Gasteiger partial charge in [0, 0.05) is 0 Å². The van der Waals surface area contributed by atoms with E-state index in [4.69, 9.17) is 0 Å². The predicted molar refractivity (Wildman–Crippen MR) is 36.1 cm³/mol. The summed E-state index contributed by atoms with van der Waals surface area (Å²) < 4.78 is 0. The zero-order valence-electron chi connectivity index (χ0n) is 6.25. The third-order valence-corrected chi connectivity index (χ3v) is 1.53. The molecule has 0 bridgehead atoms. The number of hydrogen-bond donors (Lipinski definition) is 0. The first-order chi connectivity index (χ1) is 5.43. The molecule has 1 aliphatic heterocycles. The van der Waals surface area contributed by atoms with Gasteiger partial charge in [0.2, 0.25) is 6.29 Å². The van der Waals surface area contributed by atoms with Gasteiger partial charge in [0.1, 0.15) is 0 Å². The van der Waals surface area contributed by atoms with Crippen molar-refractivity contribution >= 4 is 6.29 Å². The topological polar surface area (TPSA) is 44.8 Å². The lowest BCUT2D eigenvalue weighted by Crippen LogP contribution is -2.13. The number of carbonyl (C=O) groups excluding carboxylic acids is 1. The third kappa shape index (κ3) is 3.46. The molecule has 0 aromatic heterocycles. The van der Waals surface area contributed by atoms with Crippen LogP contribution in [0.5, 0.6) is 0 Å². The van der Waals surface area contributed by atoms with Crippen molar-refractivity contribution in [2.45, 2.75) is 31.8 Å². The minimum Gasteiger partial charge on any atom is -0.288 e. The molecule has 63 valence electrons. The molecule has 1 heterocycles. The summed E-state index contributed by atoms with van der Waals surface area (Å²) >= 11 is 0. The van der Waals surface area contributed by atoms with Crippen LogP contribution in [0.1, 0.15) is 25.7 Å². The van der Waals surface area contributed by atoms with Crippen LogP contribution in [-0.4, -0.2) is 19.0 Å². The Morgan fingerprint density at radius 1 is 1.27 bits per heavy atom. The molecule has 1 fully saturated rings. The van der Waals surface area contributed by atoms with Crippen molar-refractivity contribution in [1.29, 1.82) is 0 Å². The highest BCUT2D eigenvalue weighted by Gasteiger charge is 2.11. The van der Waals surface area contributed by atoms with Crippen molar-refractivity contribution in [3.63, 3.8) is 0 Å². The summed E-state index contributed by atoms with van der Waals surface area (Å²) in [4.78, 5) is 19.3. The average Bonchev–Trinajstić information content (AvgIpc) is 2.16. The van der Waals surface area contributed by atoms with Crippen molar-refractivity contribution < 1.29 is 19.6 Å². The highest BCUT2D eigenvalue weighted by Crippen LogP contribution is 2.08. The van der Waals surface area contributed by atoms with Gasteiger partial charge in [0.05, 0.1) is 6.61 Å². The molecule has 1 aliphatic rings. The highest BCUT2D eigenvalue weighted by atomic mass is 17.5. The van der Waals surface area contributed by atoms with Crippen LogP contribution < -0.4 is 0 Å². The molecular formula is C7H11O4. The van der Waals surface area contributed by atoms with E-state index in [2.05, 4.69) is 14.8 Å². The first kappa shape index (κ1) is 8.64. The SMILES string of the molecule is O=[C]C1CCCCCOOO1. The zero-order chi connectivity index (χ0) is 7.94. The minimum absolute atomic E-state index is 0.519. The van der Waals surface area contributed by atoms with Gasteiger partial charge >= 0.3 is 0 Å². The summed E-state index contributed by atoms with van der Waals surface area (Å²) in [6.07, 6.45) is 4.72. The molecule has 1 atom stereocenters. The molecule has 0 spiro atoms. The van der Waals surface area contributed by atoms with Crippen LogP contribution in [0.25, 0.3) is 0 Å². The van der Waals surface area contributed by atoms with E-state index in [0.29, 0.717) is 13.0 Å². The molecule has 0 N–H and O–H groups in total. The molecule has 4 heteroatoms. The summed E-state index contributed by atoms with van der Waals surface area (Å²) in [6, 6.07) is 0. The molecule has 0 amide bonds. The predicted octanol–water partition coefficient (Wildman–Crippen LogP) is 0.918. The number of hydrogen-bond acceptors (Lipinski definition) is 4. The van der Waals surface area contributed by atoms with E-state index in [1.807, 2.05) is 0 Å². The molecule has 0 saturated carbocycles. The monoisotopic (exact) mass is 159 g/mol. The van der Waals surface area contributed by atoms with Gasteiger partial charge in [-0.2, -0.15) is 4.89 Å². The maximum Gasteiger partial charge on any atom is 0.233 e. The van der Waals surface area contributed by atoms with Gasteiger partial charge < -0.3 is 0 Å². The lowest BCUT2D eigenvalue weighted by Gasteiger charge is -2.04. The Balaban J connectivity index is 2.24. The van der Waals surface area contributed by atoms with Crippen LogP contribution in [0.4, 0.5) is 0 Å². The zero-order valence-corrected chi connectivity index (χ0v) is 6.25. The summed E-state index contributed by atoms with van der Waals surface area (Å²) in [7, 11) is 0. The Bertz CT molecular complexity index is 105. The molecule has 0 aliphatic carbocycles. The highest BCUT2D eigenvalue weighted by molar-refractivity contribution is 5.56. The van der Waals surface area contributed by atoms with Gasteiger partial charge in [0.15, 0.2) is 6.10 Å². The summed E-state index contributed by atoms with van der Waals surface area (Å²) in [5.41, 5.74) is 0. The van der Waals surface area contributed by atoms with E-state index in [1.54, 1.807) is 6.29 Å². The van der Waals surface area contributed by atoms with Gasteiger partial charge in [-0.1, -0.05) is 17.9 Å². The maximum absolute atomic E-state index is 10.2. The second-order valence-electron chi connectivity index (χ2n) is 2.44. The van der Waals surface area contributed by atoms with Crippen LogP contribution in [-0.2, 0) is 19.6 Å². The molecule has 1 radical (unpaired) electrons. The smallest absolute Gasteiger partial charge is 0.233 e. The standard InChI is InChI=1S/C7H11O4/c8-6-7-4-2-1-3-5-9-11-10-7/h7H,1-5H2. The largest absolute Gasteiger partial charge is 0.288 e. The third-order valence-electron chi connectivity index (χ3n) is 1.53. The van der Waals surface area contributed by atoms with E-state index in [-0.39, 0.29) is 0 Å². The van der Waals surface area contributed by atoms with Crippen LogP contribution >= 0.6 is 0 Å². The average molecular weight is 159 g/mol. The molecule has 0 aromatic carbocycles. The van der Waals surface area contributed by atoms with Crippen molar-refractivity contribution in [2.75, 3.05) is 6.61 Å². The molecule has 11 heavy (non-hydrogen) atoms. The Morgan fingerprint density at radius 3 is 3.00 bits per heavy atom. The minimum atomic E-state index is -0.590. The van der Waals surface area contributed by atoms with Crippen molar-refractivity contribution in [2.24, 2.45) is 0 Å². The summed E-state index contributed by atoms with van der Waals surface area (Å²) in [5.74, 6) is 0. The van der Waals surface area contributed by atoms with Crippen LogP contribution in [0, 0.1) is 0 Å². The maximum atomic E-state index is 10.2. The van der Waals surface area contributed by atoms with Crippen LogP contribution in [0.3, 0.4) is 0 Å². The van der Waals surface area contributed by atoms with E-state index < -0.39 is 6.10 Å². The fourth-order valence-electron chi connectivity index (χ4n) is 0.903. The molecule has 0 aromatic rings. The Morgan fingerprint density at radius 2 is 2.18 bits per heavy atom. The van der Waals surface area contributed by atoms with E-state index in [0.717, 1.165) is 19.3 Å². The van der Waals surface area contributed by atoms with E-state index >= 15 is 0 Å². The van der Waals surface area contributed by atoms with Crippen LogP contribution in [0.2, 0.25) is 0 Å². The molecule has 1 rings (SSSR count). The Kier molecular flexibility index (Phi) is 4.11. The first-order valence-corrected chi connectivity index (χ1v) is 3.76. The second-order valence-corrected chi connectivity index (χ2v) is 2.44. The Labute approximate surface area is 65.3 Å². The normalized spacial score (nSPS) is 28.2. The molecule has 1 saturated heterocycles. The van der Waals surface area contributed by atoms with Gasteiger partial charge in [0.25, 0.3) is 0 Å². The molecule has 1 unspecified atom stereocenters. The van der Waals surface area contributed by atoms with Gasteiger partial charge in [-0.25, -0.2) is 4.89 Å².